The number of nitrogens with zero attached hydrogens (tertiary/aromatic N) is 6. The van der Waals surface area contributed by atoms with Gasteiger partial charge in [0.05, 0.1) is 34.8 Å². The van der Waals surface area contributed by atoms with E-state index in [4.69, 9.17) is 0 Å². The van der Waals surface area contributed by atoms with Crippen molar-refractivity contribution in [2.75, 3.05) is 24.6 Å². The highest BCUT2D eigenvalue weighted by atomic mass is 32.2. The Kier molecular flexibility index (Phi) is 5.96. The Hall–Kier alpha value is -2.37. The Morgan fingerprint density at radius 2 is 2.09 bits per heavy atom. The van der Waals surface area contributed by atoms with Gasteiger partial charge in [0.1, 0.15) is 5.54 Å². The van der Waals surface area contributed by atoms with E-state index >= 15 is 0 Å². The Bertz CT molecular complexity index is 1200. The summed E-state index contributed by atoms with van der Waals surface area (Å²) in [7, 11) is 0. The van der Waals surface area contributed by atoms with Gasteiger partial charge in [-0.1, -0.05) is 11.3 Å². The van der Waals surface area contributed by atoms with Gasteiger partial charge in [0.25, 0.3) is 6.43 Å². The lowest BCUT2D eigenvalue weighted by atomic mass is 9.97. The van der Waals surface area contributed by atoms with E-state index in [1.54, 1.807) is 12.3 Å². The van der Waals surface area contributed by atoms with Crippen molar-refractivity contribution < 1.29 is 18.4 Å². The fraction of sp³-hybridized carbons (Fsp3) is 0.500. The van der Waals surface area contributed by atoms with Gasteiger partial charge < -0.3 is 14.6 Å². The molecule has 1 saturated heterocycles. The van der Waals surface area contributed by atoms with E-state index in [9.17, 15) is 23.7 Å². The summed E-state index contributed by atoms with van der Waals surface area (Å²) in [5.74, 6) is 0.248. The molecule has 33 heavy (non-hydrogen) atoms. The Morgan fingerprint density at radius 1 is 1.33 bits per heavy atom. The predicted octanol–water partition coefficient (Wildman–Crippen LogP) is 2.69. The van der Waals surface area contributed by atoms with Gasteiger partial charge in [-0.3, -0.25) is 0 Å². The molecule has 5 rings (SSSR count). The van der Waals surface area contributed by atoms with Gasteiger partial charge in [0.15, 0.2) is 9.90 Å². The smallest absolute Gasteiger partial charge is 0.291 e. The molecule has 1 saturated carbocycles. The van der Waals surface area contributed by atoms with E-state index in [-0.39, 0.29) is 17.7 Å². The Labute approximate surface area is 195 Å². The fourth-order valence-electron chi connectivity index (χ4n) is 3.96. The van der Waals surface area contributed by atoms with E-state index in [0.717, 1.165) is 35.3 Å². The highest BCUT2D eigenvalue weighted by Gasteiger charge is 2.48. The van der Waals surface area contributed by atoms with Crippen LogP contribution in [0.5, 0.6) is 0 Å². The number of hydrogen-bond acceptors (Lipinski definition) is 9. The lowest BCUT2D eigenvalue weighted by Crippen LogP contribution is -2.36. The molecule has 0 spiro atoms. The zero-order valence-electron chi connectivity index (χ0n) is 17.4. The van der Waals surface area contributed by atoms with Crippen LogP contribution in [-0.2, 0) is 11.4 Å². The molecule has 1 aromatic carbocycles. The summed E-state index contributed by atoms with van der Waals surface area (Å²) in [4.78, 5) is 2.62. The summed E-state index contributed by atoms with van der Waals surface area (Å²) < 4.78 is 43.6. The highest BCUT2D eigenvalue weighted by Crippen LogP contribution is 2.38. The van der Waals surface area contributed by atoms with Gasteiger partial charge in [-0.05, 0) is 31.6 Å². The summed E-state index contributed by atoms with van der Waals surface area (Å²) >= 11 is -0.905. The summed E-state index contributed by atoms with van der Waals surface area (Å²) in [6.07, 6.45) is 1.84. The van der Waals surface area contributed by atoms with Crippen molar-refractivity contribution in [3.8, 4) is 11.2 Å². The first-order chi connectivity index (χ1) is 15.9. The molecule has 3 aromatic rings. The molecule has 1 aliphatic heterocycles. The number of aliphatic hydroxyl groups excluding tert-OH is 1. The first-order valence-corrected chi connectivity index (χ1v) is 12.5. The number of aromatic nitrogens is 4. The summed E-state index contributed by atoms with van der Waals surface area (Å²) in [5.41, 5.74) is 0.617. The first-order valence-electron chi connectivity index (χ1n) is 10.5. The average Bonchev–Trinajstić information content (AvgIpc) is 3.22. The molecule has 1 atom stereocenters. The molecular weight excluding hydrogens is 472 g/mol. The Balaban J connectivity index is 1.57. The lowest BCUT2D eigenvalue weighted by Gasteiger charge is -2.33. The van der Waals surface area contributed by atoms with Crippen LogP contribution >= 0.6 is 11.3 Å². The number of hydrogen-bond donors (Lipinski definition) is 2. The number of nitriles is 1. The number of benzene rings is 1. The maximum atomic E-state index is 13.1. The normalized spacial score (nSPS) is 19.2. The Morgan fingerprint density at radius 3 is 2.70 bits per heavy atom. The maximum absolute atomic E-state index is 13.1. The van der Waals surface area contributed by atoms with Crippen LogP contribution in [-0.4, -0.2) is 54.9 Å². The summed E-state index contributed by atoms with van der Waals surface area (Å²) in [6, 6.07) is 5.70. The van der Waals surface area contributed by atoms with Crippen LogP contribution in [0.1, 0.15) is 37.1 Å². The SMILES string of the molecule is N#CC1(N[S+]([O-])c2cc(N3CCC(CO)CC3)c3cnn(-c4nnc(C(F)F)s4)c3c2)CC1. The van der Waals surface area contributed by atoms with Crippen molar-refractivity contribution >= 4 is 39.3 Å². The third kappa shape index (κ3) is 4.29. The molecule has 1 aliphatic carbocycles. The lowest BCUT2D eigenvalue weighted by molar-refractivity contribution is 0.150. The summed E-state index contributed by atoms with van der Waals surface area (Å²) in [5, 5.41) is 31.2. The van der Waals surface area contributed by atoms with Crippen molar-refractivity contribution in [3.05, 3.63) is 23.3 Å². The predicted molar refractivity (Wildman–Crippen MR) is 119 cm³/mol. The number of piperidine rings is 1. The first kappa shape index (κ1) is 22.4. The largest absolute Gasteiger partial charge is 0.593 e. The molecule has 2 aromatic heterocycles. The second kappa shape index (κ2) is 8.77. The number of alkyl halides is 2. The van der Waals surface area contributed by atoms with E-state index in [1.807, 2.05) is 6.07 Å². The third-order valence-electron chi connectivity index (χ3n) is 6.12. The molecule has 2 aliphatic rings. The van der Waals surface area contributed by atoms with Gasteiger partial charge in [0, 0.05) is 37.2 Å². The minimum atomic E-state index is -2.73. The zero-order valence-corrected chi connectivity index (χ0v) is 19.1. The number of rotatable bonds is 7. The van der Waals surface area contributed by atoms with Crippen LogP contribution in [0.15, 0.2) is 23.2 Å². The van der Waals surface area contributed by atoms with E-state index in [2.05, 4.69) is 31.0 Å². The van der Waals surface area contributed by atoms with Crippen molar-refractivity contribution in [2.24, 2.45) is 5.92 Å². The number of anilines is 1. The summed E-state index contributed by atoms with van der Waals surface area (Å²) in [6.45, 7) is 1.58. The third-order valence-corrected chi connectivity index (χ3v) is 8.26. The maximum Gasteiger partial charge on any atom is 0.291 e. The molecule has 0 amide bonds. The van der Waals surface area contributed by atoms with E-state index < -0.39 is 28.3 Å². The molecule has 0 bridgehead atoms. The second-order valence-electron chi connectivity index (χ2n) is 8.33. The standard InChI is InChI=1S/C20H21F2N7O2S2/c21-17(22)18-25-26-19(32-18)29-16-8-13(33(31)27-20(11-23)3-4-20)7-15(14(16)9-24-29)28-5-1-12(10-30)2-6-28/h7-9,12,17,27,30H,1-6,10H2. The second-order valence-corrected chi connectivity index (χ2v) is 10.5. The van der Waals surface area contributed by atoms with E-state index in [0.29, 0.717) is 36.3 Å². The molecule has 2 N–H and O–H groups in total. The monoisotopic (exact) mass is 493 g/mol. The minimum absolute atomic E-state index is 0.148. The molecule has 2 fully saturated rings. The molecule has 0 radical (unpaired) electrons. The number of aliphatic hydroxyl groups is 1. The van der Waals surface area contributed by atoms with Gasteiger partial charge >= 0.3 is 0 Å². The molecule has 3 heterocycles. The van der Waals surface area contributed by atoms with Gasteiger partial charge in [0.2, 0.25) is 5.13 Å². The number of fused-ring (bicyclic) bond motifs is 1. The van der Waals surface area contributed by atoms with E-state index in [1.165, 1.54) is 4.68 Å². The molecule has 13 heteroatoms. The van der Waals surface area contributed by atoms with Gasteiger partial charge in [-0.15, -0.1) is 14.9 Å². The molecule has 1 unspecified atom stereocenters. The van der Waals surface area contributed by atoms with Crippen LogP contribution in [0.3, 0.4) is 0 Å². The van der Waals surface area contributed by atoms with Crippen LogP contribution in [0.2, 0.25) is 0 Å². The molecule has 9 nitrogen and oxygen atoms in total. The van der Waals surface area contributed by atoms with Crippen molar-refractivity contribution in [2.45, 2.75) is 42.5 Å². The van der Waals surface area contributed by atoms with Crippen molar-refractivity contribution in [1.82, 2.24) is 24.7 Å². The number of halogens is 2. The van der Waals surface area contributed by atoms with Crippen LogP contribution in [0.25, 0.3) is 16.0 Å². The molecular formula is C20H21F2N7O2S2. The van der Waals surface area contributed by atoms with Crippen molar-refractivity contribution in [3.63, 3.8) is 0 Å². The van der Waals surface area contributed by atoms with Crippen LogP contribution in [0, 0.1) is 17.2 Å². The number of nitrogens with one attached hydrogen (secondary N) is 1. The average molecular weight is 494 g/mol. The van der Waals surface area contributed by atoms with Crippen LogP contribution < -0.4 is 9.62 Å². The highest BCUT2D eigenvalue weighted by molar-refractivity contribution is 7.89. The quantitative estimate of drug-likeness (QED) is 0.481. The minimum Gasteiger partial charge on any atom is -0.593 e. The van der Waals surface area contributed by atoms with Gasteiger partial charge in [-0.25, -0.2) is 13.5 Å². The fourth-order valence-corrected chi connectivity index (χ4v) is 5.79. The van der Waals surface area contributed by atoms with Crippen LogP contribution in [0.4, 0.5) is 14.5 Å². The van der Waals surface area contributed by atoms with Gasteiger partial charge in [-0.2, -0.15) is 10.4 Å². The topological polar surface area (TPSA) is 126 Å². The van der Waals surface area contributed by atoms with Crippen molar-refractivity contribution in [1.29, 1.82) is 5.26 Å². The molecule has 174 valence electrons. The zero-order chi connectivity index (χ0) is 23.2.